The van der Waals surface area contributed by atoms with E-state index >= 15 is 0 Å². The topological polar surface area (TPSA) is 75.0 Å². The first-order chi connectivity index (χ1) is 12.6. The molecule has 6 nitrogen and oxygen atoms in total. The van der Waals surface area contributed by atoms with Crippen molar-refractivity contribution in [2.45, 2.75) is 25.8 Å². The number of quaternary nitrogens is 1. The second-order valence-corrected chi connectivity index (χ2v) is 6.88. The Hall–Kier alpha value is -2.60. The normalized spacial score (nSPS) is 15.5. The lowest BCUT2D eigenvalue weighted by Gasteiger charge is -2.28. The van der Waals surface area contributed by atoms with Crippen LogP contribution in [-0.2, 0) is 6.42 Å². The number of nitrogens with zero attached hydrogens (tertiary/aromatic N) is 2. The number of nitrogens with two attached hydrogens (primary N) is 1. The zero-order chi connectivity index (χ0) is 18.4. The molecule has 0 bridgehead atoms. The lowest BCUT2D eigenvalue weighted by molar-refractivity contribution is -0.655. The van der Waals surface area contributed by atoms with Crippen molar-refractivity contribution in [1.29, 1.82) is 0 Å². The molecule has 1 atom stereocenters. The molecule has 0 saturated carbocycles. The van der Waals surface area contributed by atoms with Crippen LogP contribution in [0, 0.1) is 10.1 Å². The van der Waals surface area contributed by atoms with Gasteiger partial charge in [-0.1, -0.05) is 30.3 Å². The van der Waals surface area contributed by atoms with Gasteiger partial charge in [-0.25, -0.2) is 0 Å². The number of nitro groups is 1. The Balaban J connectivity index is 1.70. The fraction of sp³-hybridized carbons (Fsp3) is 0.400. The summed E-state index contributed by atoms with van der Waals surface area (Å²) in [5, 5.41) is 17.1. The van der Waals surface area contributed by atoms with Crippen LogP contribution in [0.1, 0.15) is 18.9 Å². The highest BCUT2D eigenvalue weighted by atomic mass is 16.6. The lowest BCUT2D eigenvalue weighted by atomic mass is 10.1. The minimum absolute atomic E-state index is 0.142. The number of rotatable bonds is 7. The van der Waals surface area contributed by atoms with Crippen LogP contribution in [0.15, 0.2) is 48.5 Å². The number of hydrogen-bond acceptors (Lipinski definition) is 4. The molecule has 1 fully saturated rings. The predicted octanol–water partition coefficient (Wildman–Crippen LogP) is 2.41. The van der Waals surface area contributed by atoms with E-state index in [1.807, 2.05) is 30.3 Å². The molecule has 138 valence electrons. The molecule has 1 aliphatic heterocycles. The van der Waals surface area contributed by atoms with Gasteiger partial charge in [-0.3, -0.25) is 10.1 Å². The van der Waals surface area contributed by atoms with Crippen LogP contribution >= 0.6 is 0 Å². The minimum Gasteiger partial charge on any atom is -0.377 e. The van der Waals surface area contributed by atoms with Crippen LogP contribution in [0.4, 0.5) is 17.1 Å². The van der Waals surface area contributed by atoms with Crippen molar-refractivity contribution >= 4 is 17.1 Å². The Labute approximate surface area is 154 Å². The molecule has 1 saturated heterocycles. The smallest absolute Gasteiger partial charge is 0.292 e. The molecule has 0 aliphatic carbocycles. The van der Waals surface area contributed by atoms with Gasteiger partial charge in [-0.2, -0.15) is 0 Å². The van der Waals surface area contributed by atoms with Crippen molar-refractivity contribution in [3.05, 3.63) is 64.2 Å². The van der Waals surface area contributed by atoms with E-state index in [1.54, 1.807) is 6.07 Å². The average Bonchev–Trinajstić information content (AvgIpc) is 2.67. The molecule has 0 aromatic heterocycles. The summed E-state index contributed by atoms with van der Waals surface area (Å²) in [6.07, 6.45) is 1.87. The highest BCUT2D eigenvalue weighted by molar-refractivity contribution is 5.69. The number of benzene rings is 2. The van der Waals surface area contributed by atoms with Gasteiger partial charge in [0.2, 0.25) is 0 Å². The second kappa shape index (κ2) is 8.67. The first-order valence-corrected chi connectivity index (χ1v) is 9.29. The van der Waals surface area contributed by atoms with Crippen molar-refractivity contribution in [2.24, 2.45) is 0 Å². The fourth-order valence-corrected chi connectivity index (χ4v) is 3.37. The highest BCUT2D eigenvalue weighted by Crippen LogP contribution is 2.30. The number of anilines is 2. The maximum Gasteiger partial charge on any atom is 0.292 e. The van der Waals surface area contributed by atoms with Crippen molar-refractivity contribution in [1.82, 2.24) is 0 Å². The molecule has 2 aromatic rings. The van der Waals surface area contributed by atoms with E-state index in [0.717, 1.165) is 44.7 Å². The van der Waals surface area contributed by atoms with Crippen molar-refractivity contribution < 1.29 is 10.2 Å². The molecule has 0 unspecified atom stereocenters. The van der Waals surface area contributed by atoms with Gasteiger partial charge in [0.1, 0.15) is 5.69 Å². The fourth-order valence-electron chi connectivity index (χ4n) is 3.37. The van der Waals surface area contributed by atoms with Crippen LogP contribution < -0.4 is 15.5 Å². The molecular weight excluding hydrogens is 328 g/mol. The van der Waals surface area contributed by atoms with Gasteiger partial charge >= 0.3 is 0 Å². The van der Waals surface area contributed by atoms with Crippen LogP contribution in [-0.4, -0.2) is 37.1 Å². The molecule has 3 rings (SSSR count). The van der Waals surface area contributed by atoms with Gasteiger partial charge in [0.25, 0.3) is 5.69 Å². The number of aryl methyl sites for hydroxylation is 1. The lowest BCUT2D eigenvalue weighted by Crippen LogP contribution is -2.89. The number of nitro benzene ring substituents is 1. The number of piperazine rings is 1. The number of nitrogens with one attached hydrogen (secondary N) is 1. The largest absolute Gasteiger partial charge is 0.377 e. The Bertz CT molecular complexity index is 730. The quantitative estimate of drug-likeness (QED) is 0.591. The van der Waals surface area contributed by atoms with Crippen LogP contribution in [0.2, 0.25) is 0 Å². The van der Waals surface area contributed by atoms with E-state index in [0.29, 0.717) is 5.69 Å². The Morgan fingerprint density at radius 3 is 2.62 bits per heavy atom. The van der Waals surface area contributed by atoms with E-state index in [1.165, 1.54) is 5.56 Å². The zero-order valence-corrected chi connectivity index (χ0v) is 15.2. The van der Waals surface area contributed by atoms with Gasteiger partial charge in [-0.05, 0) is 37.5 Å². The third kappa shape index (κ3) is 4.73. The highest BCUT2D eigenvalue weighted by Gasteiger charge is 2.19. The SMILES string of the molecule is C[C@@H](CCc1ccccc1)Nc1cc(N2CC[NH2+]CC2)ccc1[N+](=O)[O-]. The standard InChI is InChI=1S/C20H26N4O2/c1-16(7-8-17-5-3-2-4-6-17)22-19-15-18(9-10-20(19)24(25)26)23-13-11-21-12-14-23/h2-6,9-10,15-16,21-22H,7-8,11-14H2,1H3/p+1/t16-/m0/s1. The first kappa shape index (κ1) is 18.2. The Morgan fingerprint density at radius 1 is 1.19 bits per heavy atom. The monoisotopic (exact) mass is 355 g/mol. The van der Waals surface area contributed by atoms with E-state index in [2.05, 4.69) is 34.6 Å². The third-order valence-corrected chi connectivity index (χ3v) is 4.86. The summed E-state index contributed by atoms with van der Waals surface area (Å²) in [4.78, 5) is 13.4. The molecule has 2 aromatic carbocycles. The Morgan fingerprint density at radius 2 is 1.92 bits per heavy atom. The van der Waals surface area contributed by atoms with E-state index in [4.69, 9.17) is 0 Å². The minimum atomic E-state index is -0.306. The molecule has 0 spiro atoms. The first-order valence-electron chi connectivity index (χ1n) is 9.29. The van der Waals surface area contributed by atoms with Gasteiger partial charge in [0.05, 0.1) is 31.1 Å². The van der Waals surface area contributed by atoms with E-state index in [-0.39, 0.29) is 16.7 Å². The predicted molar refractivity (Wildman–Crippen MR) is 105 cm³/mol. The van der Waals surface area contributed by atoms with Crippen LogP contribution in [0.5, 0.6) is 0 Å². The summed E-state index contributed by atoms with van der Waals surface area (Å²) in [6, 6.07) is 15.9. The molecule has 1 aliphatic rings. The third-order valence-electron chi connectivity index (χ3n) is 4.86. The summed E-state index contributed by atoms with van der Waals surface area (Å²) >= 11 is 0. The molecule has 26 heavy (non-hydrogen) atoms. The summed E-state index contributed by atoms with van der Waals surface area (Å²) in [6.45, 7) is 6.15. The summed E-state index contributed by atoms with van der Waals surface area (Å²) in [7, 11) is 0. The molecule has 0 amide bonds. The molecular formula is C20H27N4O2+. The van der Waals surface area contributed by atoms with Gasteiger partial charge in [-0.15, -0.1) is 0 Å². The molecule has 3 N–H and O–H groups in total. The maximum atomic E-state index is 11.4. The van der Waals surface area contributed by atoms with Crippen molar-refractivity contribution in [3.8, 4) is 0 Å². The van der Waals surface area contributed by atoms with Gasteiger partial charge in [0, 0.05) is 17.8 Å². The molecule has 1 heterocycles. The average molecular weight is 355 g/mol. The second-order valence-electron chi connectivity index (χ2n) is 6.88. The van der Waals surface area contributed by atoms with E-state index in [9.17, 15) is 10.1 Å². The molecule has 0 radical (unpaired) electrons. The summed E-state index contributed by atoms with van der Waals surface area (Å²) in [5.41, 5.74) is 3.10. The maximum absolute atomic E-state index is 11.4. The summed E-state index contributed by atoms with van der Waals surface area (Å²) < 4.78 is 0. The van der Waals surface area contributed by atoms with Crippen LogP contribution in [0.25, 0.3) is 0 Å². The Kier molecular flexibility index (Phi) is 6.07. The van der Waals surface area contributed by atoms with Crippen molar-refractivity contribution in [2.75, 3.05) is 36.4 Å². The van der Waals surface area contributed by atoms with E-state index < -0.39 is 0 Å². The van der Waals surface area contributed by atoms with Crippen LogP contribution in [0.3, 0.4) is 0 Å². The number of hydrogen-bond donors (Lipinski definition) is 2. The summed E-state index contributed by atoms with van der Waals surface area (Å²) in [5.74, 6) is 0. The van der Waals surface area contributed by atoms with Gasteiger partial charge < -0.3 is 15.5 Å². The van der Waals surface area contributed by atoms with Gasteiger partial charge in [0.15, 0.2) is 0 Å². The zero-order valence-electron chi connectivity index (χ0n) is 15.2. The molecule has 6 heteroatoms. The van der Waals surface area contributed by atoms with Crippen molar-refractivity contribution in [3.63, 3.8) is 0 Å².